The number of aromatic nitrogens is 3. The minimum absolute atomic E-state index is 0.104. The van der Waals surface area contributed by atoms with Gasteiger partial charge in [0.25, 0.3) is 5.91 Å². The Morgan fingerprint density at radius 2 is 1.93 bits per heavy atom. The number of amides is 1. The van der Waals surface area contributed by atoms with Crippen molar-refractivity contribution in [2.75, 3.05) is 11.9 Å². The predicted molar refractivity (Wildman–Crippen MR) is 94.1 cm³/mol. The van der Waals surface area contributed by atoms with Crippen LogP contribution >= 0.6 is 0 Å². The van der Waals surface area contributed by atoms with Crippen LogP contribution in [0.2, 0.25) is 0 Å². The van der Waals surface area contributed by atoms with Crippen LogP contribution in [0.1, 0.15) is 27.8 Å². The lowest BCUT2D eigenvalue weighted by molar-refractivity contribution is -0.119. The number of rotatable bonds is 6. The highest BCUT2D eigenvalue weighted by atomic mass is 16.5. The van der Waals surface area contributed by atoms with Gasteiger partial charge in [0.2, 0.25) is 5.89 Å². The molecule has 0 aliphatic heterocycles. The number of ketones is 1. The van der Waals surface area contributed by atoms with Crippen LogP contribution in [0.25, 0.3) is 11.5 Å². The fourth-order valence-electron chi connectivity index (χ4n) is 2.29. The Morgan fingerprint density at radius 1 is 1.19 bits per heavy atom. The third-order valence-electron chi connectivity index (χ3n) is 3.65. The van der Waals surface area contributed by atoms with Crippen LogP contribution in [0.4, 0.5) is 6.01 Å². The van der Waals surface area contributed by atoms with Gasteiger partial charge in [-0.1, -0.05) is 23.3 Å². The number of aryl methyl sites for hydroxylation is 1. The number of benzene rings is 1. The lowest BCUT2D eigenvalue weighted by Crippen LogP contribution is -2.22. The Morgan fingerprint density at radius 3 is 2.59 bits per heavy atom. The number of carbonyl (C=O) groups excluding carboxylic acids is 3. The van der Waals surface area contributed by atoms with E-state index in [-0.39, 0.29) is 23.4 Å². The molecular weight excluding hydrogens is 352 g/mol. The van der Waals surface area contributed by atoms with Crippen LogP contribution in [-0.4, -0.2) is 39.0 Å². The van der Waals surface area contributed by atoms with Crippen molar-refractivity contribution in [3.63, 3.8) is 0 Å². The van der Waals surface area contributed by atoms with Crippen LogP contribution in [-0.2, 0) is 16.6 Å². The monoisotopic (exact) mass is 368 g/mol. The average Bonchev–Trinajstić information content (AvgIpc) is 3.27. The van der Waals surface area contributed by atoms with Gasteiger partial charge in [-0.05, 0) is 25.1 Å². The van der Waals surface area contributed by atoms with Crippen molar-refractivity contribution >= 4 is 23.7 Å². The number of hydrogen-bond donors (Lipinski definition) is 1. The Bertz CT molecular complexity index is 990. The number of nitrogens with zero attached hydrogens (tertiary/aromatic N) is 3. The SMILES string of the molecule is CC(=O)c1cc(C(=O)OCC(=O)Nc2nnc(-c3ccccc3)o2)n(C)c1. The number of anilines is 1. The molecule has 9 heteroatoms. The van der Waals surface area contributed by atoms with Crippen LogP contribution < -0.4 is 5.32 Å². The van der Waals surface area contributed by atoms with Gasteiger partial charge < -0.3 is 13.7 Å². The van der Waals surface area contributed by atoms with Crippen molar-refractivity contribution < 1.29 is 23.5 Å². The van der Waals surface area contributed by atoms with Crippen LogP contribution in [0, 0.1) is 0 Å². The third kappa shape index (κ3) is 4.27. The zero-order valence-electron chi connectivity index (χ0n) is 14.6. The molecule has 0 radical (unpaired) electrons. The maximum absolute atomic E-state index is 12.1. The molecule has 2 heterocycles. The maximum atomic E-state index is 12.1. The molecule has 0 spiro atoms. The third-order valence-corrected chi connectivity index (χ3v) is 3.65. The van der Waals surface area contributed by atoms with Crippen LogP contribution in [0.5, 0.6) is 0 Å². The molecule has 27 heavy (non-hydrogen) atoms. The van der Waals surface area contributed by atoms with E-state index in [1.807, 2.05) is 18.2 Å². The van der Waals surface area contributed by atoms with Crippen molar-refractivity contribution in [1.29, 1.82) is 0 Å². The zero-order valence-corrected chi connectivity index (χ0v) is 14.6. The van der Waals surface area contributed by atoms with Crippen molar-refractivity contribution in [3.05, 3.63) is 53.9 Å². The summed E-state index contributed by atoms with van der Waals surface area (Å²) in [6, 6.07) is 10.4. The molecule has 1 amide bonds. The summed E-state index contributed by atoms with van der Waals surface area (Å²) in [4.78, 5) is 35.3. The van der Waals surface area contributed by atoms with Gasteiger partial charge in [0.1, 0.15) is 5.69 Å². The van der Waals surface area contributed by atoms with E-state index >= 15 is 0 Å². The van der Waals surface area contributed by atoms with E-state index in [2.05, 4.69) is 15.5 Å². The molecule has 0 saturated carbocycles. The highest BCUT2D eigenvalue weighted by Crippen LogP contribution is 2.19. The summed E-state index contributed by atoms with van der Waals surface area (Å²) in [5.41, 5.74) is 1.26. The Kier molecular flexibility index (Phi) is 5.11. The minimum atomic E-state index is -0.726. The van der Waals surface area contributed by atoms with Crippen molar-refractivity contribution in [2.45, 2.75) is 6.92 Å². The standard InChI is InChI=1S/C18H16N4O5/c1-11(23)13-8-14(22(2)9-13)17(25)26-10-15(24)19-18-21-20-16(27-18)12-6-4-3-5-7-12/h3-9H,10H2,1-2H3,(H,19,21,24). The van der Waals surface area contributed by atoms with E-state index in [0.717, 1.165) is 0 Å². The van der Waals surface area contributed by atoms with E-state index < -0.39 is 18.5 Å². The zero-order chi connectivity index (χ0) is 19.4. The molecule has 0 fully saturated rings. The largest absolute Gasteiger partial charge is 0.451 e. The van der Waals surface area contributed by atoms with Gasteiger partial charge in [0.15, 0.2) is 12.4 Å². The maximum Gasteiger partial charge on any atom is 0.355 e. The molecule has 3 aromatic rings. The molecule has 0 aliphatic carbocycles. The molecular formula is C18H16N4O5. The molecule has 9 nitrogen and oxygen atoms in total. The first-order valence-electron chi connectivity index (χ1n) is 7.97. The fourth-order valence-corrected chi connectivity index (χ4v) is 2.29. The van der Waals surface area contributed by atoms with E-state index in [1.165, 1.54) is 23.8 Å². The number of hydrogen-bond acceptors (Lipinski definition) is 7. The average molecular weight is 368 g/mol. The predicted octanol–water partition coefficient (Wildman–Crippen LogP) is 2.07. The topological polar surface area (TPSA) is 116 Å². The molecule has 0 atom stereocenters. The molecule has 0 unspecified atom stereocenters. The highest BCUT2D eigenvalue weighted by Gasteiger charge is 2.17. The minimum Gasteiger partial charge on any atom is -0.451 e. The molecule has 0 bridgehead atoms. The van der Waals surface area contributed by atoms with E-state index in [1.54, 1.807) is 19.2 Å². The van der Waals surface area contributed by atoms with Gasteiger partial charge in [0, 0.05) is 24.4 Å². The number of nitrogens with one attached hydrogen (secondary N) is 1. The number of Topliss-reactive ketones (excluding diaryl/α,β-unsaturated/α-hetero) is 1. The normalized spacial score (nSPS) is 10.4. The number of ether oxygens (including phenoxy) is 1. The van der Waals surface area contributed by atoms with Crippen molar-refractivity contribution in [3.8, 4) is 11.5 Å². The second-order valence-corrected chi connectivity index (χ2v) is 5.68. The lowest BCUT2D eigenvalue weighted by atomic mass is 10.2. The second-order valence-electron chi connectivity index (χ2n) is 5.68. The summed E-state index contributed by atoms with van der Waals surface area (Å²) in [5, 5.41) is 9.92. The first-order chi connectivity index (χ1) is 12.9. The smallest absolute Gasteiger partial charge is 0.355 e. The quantitative estimate of drug-likeness (QED) is 0.523. The van der Waals surface area contributed by atoms with Gasteiger partial charge in [0.05, 0.1) is 0 Å². The van der Waals surface area contributed by atoms with Crippen LogP contribution in [0.3, 0.4) is 0 Å². The summed E-state index contributed by atoms with van der Waals surface area (Å²) in [7, 11) is 1.60. The summed E-state index contributed by atoms with van der Waals surface area (Å²) in [6.45, 7) is 0.856. The fraction of sp³-hybridized carbons (Fsp3) is 0.167. The van der Waals surface area contributed by atoms with Gasteiger partial charge in [-0.2, -0.15) is 0 Å². The van der Waals surface area contributed by atoms with Gasteiger partial charge in [-0.25, -0.2) is 4.79 Å². The van der Waals surface area contributed by atoms with Gasteiger partial charge in [-0.3, -0.25) is 14.9 Å². The summed E-state index contributed by atoms with van der Waals surface area (Å²) in [6.07, 6.45) is 1.52. The first kappa shape index (κ1) is 18.1. The molecule has 0 saturated heterocycles. The molecule has 0 aliphatic rings. The Hall–Kier alpha value is -3.75. The van der Waals surface area contributed by atoms with Crippen molar-refractivity contribution in [1.82, 2.24) is 14.8 Å². The van der Waals surface area contributed by atoms with Crippen molar-refractivity contribution in [2.24, 2.45) is 7.05 Å². The van der Waals surface area contributed by atoms with E-state index in [0.29, 0.717) is 11.1 Å². The number of carbonyl (C=O) groups is 3. The summed E-state index contributed by atoms with van der Waals surface area (Å²) < 4.78 is 11.8. The molecule has 1 N–H and O–H groups in total. The van der Waals surface area contributed by atoms with Crippen LogP contribution in [0.15, 0.2) is 47.0 Å². The van der Waals surface area contributed by atoms with Gasteiger partial charge >= 0.3 is 12.0 Å². The van der Waals surface area contributed by atoms with E-state index in [4.69, 9.17) is 9.15 Å². The molecule has 138 valence electrons. The van der Waals surface area contributed by atoms with E-state index in [9.17, 15) is 14.4 Å². The Labute approximate surface area is 154 Å². The summed E-state index contributed by atoms with van der Waals surface area (Å²) >= 11 is 0. The highest BCUT2D eigenvalue weighted by molar-refractivity contribution is 5.98. The Balaban J connectivity index is 1.56. The molecule has 2 aromatic heterocycles. The molecule has 3 rings (SSSR count). The van der Waals surface area contributed by atoms with Gasteiger partial charge in [-0.15, -0.1) is 5.10 Å². The first-order valence-corrected chi connectivity index (χ1v) is 7.97. The second kappa shape index (κ2) is 7.65. The summed E-state index contributed by atoms with van der Waals surface area (Å²) in [5.74, 6) is -1.28. The molecule has 1 aromatic carbocycles. The number of esters is 1. The lowest BCUT2D eigenvalue weighted by Gasteiger charge is -2.04.